The zero-order valence-electron chi connectivity index (χ0n) is 6.63. The summed E-state index contributed by atoms with van der Waals surface area (Å²) < 4.78 is 5.50. The third kappa shape index (κ3) is 1.37. The summed E-state index contributed by atoms with van der Waals surface area (Å²) in [6, 6.07) is 0.673. The van der Waals surface area contributed by atoms with Crippen molar-refractivity contribution in [3.63, 3.8) is 0 Å². The fraction of sp³-hybridized carbons (Fsp3) is 0.625. The Morgan fingerprint density at radius 3 is 2.91 bits per heavy atom. The van der Waals surface area contributed by atoms with Crippen LogP contribution >= 0.6 is 0 Å². The maximum atomic E-state index is 5.50. The Hall–Kier alpha value is -0.990. The summed E-state index contributed by atoms with van der Waals surface area (Å²) in [6.07, 6.45) is 5.86. The van der Waals surface area contributed by atoms with E-state index in [4.69, 9.17) is 4.74 Å². The standard InChI is InChI=1S/C8H12N2O/c1-6-5-9-8(10-6)11-7-3-2-4-7/h5,7H,2-4H2,1H3,(H,9,10). The van der Waals surface area contributed by atoms with Crippen LogP contribution in [0.15, 0.2) is 6.20 Å². The molecular weight excluding hydrogens is 140 g/mol. The van der Waals surface area contributed by atoms with Crippen molar-refractivity contribution >= 4 is 0 Å². The maximum Gasteiger partial charge on any atom is 0.293 e. The first-order valence-electron chi connectivity index (χ1n) is 4.03. The Morgan fingerprint density at radius 1 is 1.64 bits per heavy atom. The average Bonchev–Trinajstić information content (AvgIpc) is 2.27. The van der Waals surface area contributed by atoms with E-state index in [0.717, 1.165) is 5.69 Å². The monoisotopic (exact) mass is 152 g/mol. The van der Waals surface area contributed by atoms with Gasteiger partial charge < -0.3 is 9.72 Å². The lowest BCUT2D eigenvalue weighted by Gasteiger charge is -2.24. The molecule has 60 valence electrons. The Kier molecular flexibility index (Phi) is 1.56. The molecule has 1 aromatic rings. The molecule has 0 amide bonds. The van der Waals surface area contributed by atoms with Gasteiger partial charge in [-0.15, -0.1) is 0 Å². The molecule has 3 nitrogen and oxygen atoms in total. The zero-order valence-corrected chi connectivity index (χ0v) is 6.63. The highest BCUT2D eigenvalue weighted by molar-refractivity contribution is 5.03. The number of H-pyrrole nitrogens is 1. The van der Waals surface area contributed by atoms with Crippen LogP contribution in [-0.4, -0.2) is 16.1 Å². The van der Waals surface area contributed by atoms with Gasteiger partial charge in [0.25, 0.3) is 6.01 Å². The van der Waals surface area contributed by atoms with Crippen LogP contribution in [0.4, 0.5) is 0 Å². The van der Waals surface area contributed by atoms with Gasteiger partial charge >= 0.3 is 0 Å². The summed E-state index contributed by atoms with van der Waals surface area (Å²) in [5, 5.41) is 0. The topological polar surface area (TPSA) is 37.9 Å². The molecule has 1 N–H and O–H groups in total. The van der Waals surface area contributed by atoms with Crippen molar-refractivity contribution in [3.8, 4) is 6.01 Å². The van der Waals surface area contributed by atoms with E-state index in [2.05, 4.69) is 9.97 Å². The highest BCUT2D eigenvalue weighted by Gasteiger charge is 2.19. The molecule has 0 saturated heterocycles. The number of nitrogens with one attached hydrogen (secondary N) is 1. The predicted octanol–water partition coefficient (Wildman–Crippen LogP) is 1.65. The van der Waals surface area contributed by atoms with E-state index in [1.165, 1.54) is 19.3 Å². The van der Waals surface area contributed by atoms with Gasteiger partial charge in [0.15, 0.2) is 0 Å². The van der Waals surface area contributed by atoms with E-state index in [1.807, 2.05) is 6.92 Å². The normalized spacial score (nSPS) is 17.9. The highest BCUT2D eigenvalue weighted by Crippen LogP contribution is 2.22. The lowest BCUT2D eigenvalue weighted by molar-refractivity contribution is 0.109. The van der Waals surface area contributed by atoms with Gasteiger partial charge in [-0.2, -0.15) is 0 Å². The third-order valence-corrected chi connectivity index (χ3v) is 2.01. The molecule has 1 fully saturated rings. The number of aryl methyl sites for hydroxylation is 1. The van der Waals surface area contributed by atoms with Crippen LogP contribution in [0.3, 0.4) is 0 Å². The lowest BCUT2D eigenvalue weighted by Crippen LogP contribution is -2.24. The van der Waals surface area contributed by atoms with Gasteiger partial charge in [0, 0.05) is 5.69 Å². The Morgan fingerprint density at radius 2 is 2.45 bits per heavy atom. The largest absolute Gasteiger partial charge is 0.462 e. The fourth-order valence-corrected chi connectivity index (χ4v) is 1.10. The SMILES string of the molecule is Cc1cnc(OC2CCC2)[nH]1. The summed E-state index contributed by atoms with van der Waals surface area (Å²) in [7, 11) is 0. The van der Waals surface area contributed by atoms with Gasteiger partial charge in [-0.3, -0.25) is 0 Å². The minimum atomic E-state index is 0.417. The fourth-order valence-electron chi connectivity index (χ4n) is 1.10. The second kappa shape index (κ2) is 2.57. The second-order valence-electron chi connectivity index (χ2n) is 3.04. The molecule has 11 heavy (non-hydrogen) atoms. The van der Waals surface area contributed by atoms with Crippen LogP contribution in [0.25, 0.3) is 0 Å². The van der Waals surface area contributed by atoms with Crippen LogP contribution in [0.5, 0.6) is 6.01 Å². The molecule has 1 heterocycles. The number of aromatic nitrogens is 2. The van der Waals surface area contributed by atoms with Crippen LogP contribution < -0.4 is 4.74 Å². The molecule has 0 spiro atoms. The third-order valence-electron chi connectivity index (χ3n) is 2.01. The Bertz CT molecular complexity index is 240. The van der Waals surface area contributed by atoms with Crippen molar-refractivity contribution in [3.05, 3.63) is 11.9 Å². The molecule has 0 bridgehead atoms. The molecular formula is C8H12N2O. The molecule has 0 atom stereocenters. The van der Waals surface area contributed by atoms with Crippen molar-refractivity contribution in [2.75, 3.05) is 0 Å². The van der Waals surface area contributed by atoms with Crippen molar-refractivity contribution < 1.29 is 4.74 Å². The Labute approximate surface area is 65.8 Å². The highest BCUT2D eigenvalue weighted by atomic mass is 16.5. The number of hydrogen-bond acceptors (Lipinski definition) is 2. The molecule has 0 unspecified atom stereocenters. The number of rotatable bonds is 2. The first-order chi connectivity index (χ1) is 5.34. The van der Waals surface area contributed by atoms with Gasteiger partial charge in [-0.25, -0.2) is 4.98 Å². The minimum Gasteiger partial charge on any atom is -0.462 e. The van der Waals surface area contributed by atoms with Crippen LogP contribution in [0, 0.1) is 6.92 Å². The number of ether oxygens (including phenoxy) is 1. The lowest BCUT2D eigenvalue weighted by atomic mass is 9.96. The van der Waals surface area contributed by atoms with Gasteiger partial charge in [0.2, 0.25) is 0 Å². The molecule has 3 heteroatoms. The summed E-state index contributed by atoms with van der Waals surface area (Å²) in [5.74, 6) is 0. The minimum absolute atomic E-state index is 0.417. The van der Waals surface area contributed by atoms with Crippen LogP contribution in [-0.2, 0) is 0 Å². The molecule has 0 radical (unpaired) electrons. The Balaban J connectivity index is 1.95. The van der Waals surface area contributed by atoms with E-state index in [-0.39, 0.29) is 0 Å². The smallest absolute Gasteiger partial charge is 0.293 e. The number of imidazole rings is 1. The molecule has 1 saturated carbocycles. The quantitative estimate of drug-likeness (QED) is 0.699. The average molecular weight is 152 g/mol. The summed E-state index contributed by atoms with van der Waals surface area (Å²) in [4.78, 5) is 7.10. The van der Waals surface area contributed by atoms with E-state index in [9.17, 15) is 0 Å². The van der Waals surface area contributed by atoms with Crippen molar-refractivity contribution in [2.45, 2.75) is 32.3 Å². The van der Waals surface area contributed by atoms with Crippen LogP contribution in [0.2, 0.25) is 0 Å². The molecule has 1 aliphatic carbocycles. The van der Waals surface area contributed by atoms with Gasteiger partial charge in [-0.1, -0.05) is 0 Å². The maximum absolute atomic E-state index is 5.50. The van der Waals surface area contributed by atoms with E-state index >= 15 is 0 Å². The van der Waals surface area contributed by atoms with E-state index < -0.39 is 0 Å². The molecule has 2 rings (SSSR count). The van der Waals surface area contributed by atoms with E-state index in [0.29, 0.717) is 12.1 Å². The number of aromatic amines is 1. The molecule has 0 aliphatic heterocycles. The number of hydrogen-bond donors (Lipinski definition) is 1. The van der Waals surface area contributed by atoms with Gasteiger partial charge in [0.05, 0.1) is 6.20 Å². The second-order valence-corrected chi connectivity index (χ2v) is 3.04. The van der Waals surface area contributed by atoms with Gasteiger partial charge in [0.1, 0.15) is 6.10 Å². The first kappa shape index (κ1) is 6.70. The summed E-state index contributed by atoms with van der Waals surface area (Å²) in [6.45, 7) is 1.97. The first-order valence-corrected chi connectivity index (χ1v) is 4.03. The molecule has 0 aromatic carbocycles. The zero-order chi connectivity index (χ0) is 7.68. The van der Waals surface area contributed by atoms with Crippen molar-refractivity contribution in [1.29, 1.82) is 0 Å². The summed E-state index contributed by atoms with van der Waals surface area (Å²) in [5.41, 5.74) is 1.05. The van der Waals surface area contributed by atoms with Crippen molar-refractivity contribution in [1.82, 2.24) is 9.97 Å². The van der Waals surface area contributed by atoms with E-state index in [1.54, 1.807) is 6.20 Å². The molecule has 1 aliphatic rings. The summed E-state index contributed by atoms with van der Waals surface area (Å²) >= 11 is 0. The van der Waals surface area contributed by atoms with Crippen molar-refractivity contribution in [2.24, 2.45) is 0 Å². The van der Waals surface area contributed by atoms with Gasteiger partial charge in [-0.05, 0) is 26.2 Å². The molecule has 1 aromatic heterocycles. The number of nitrogens with zero attached hydrogens (tertiary/aromatic N) is 1. The van der Waals surface area contributed by atoms with Crippen LogP contribution in [0.1, 0.15) is 25.0 Å². The predicted molar refractivity (Wildman–Crippen MR) is 41.6 cm³/mol.